The van der Waals surface area contributed by atoms with Crippen LogP contribution in [0.15, 0.2) is 0 Å². The van der Waals surface area contributed by atoms with Gasteiger partial charge in [-0.2, -0.15) is 0 Å². The van der Waals surface area contributed by atoms with Crippen molar-refractivity contribution in [1.29, 1.82) is 0 Å². The van der Waals surface area contributed by atoms with Crippen LogP contribution in [0.3, 0.4) is 0 Å². The number of nitrogens with one attached hydrogen (secondary N) is 1. The van der Waals surface area contributed by atoms with Gasteiger partial charge >= 0.3 is 5.97 Å². The molecule has 5 nitrogen and oxygen atoms in total. The zero-order valence-electron chi connectivity index (χ0n) is 9.19. The number of carbonyl (C=O) groups excluding carboxylic acids is 1. The maximum atomic E-state index is 11.6. The standard InChI is InChI=1S/C10H18N2O3/c1-7-5-12(6-8(7)10(14)15)9(13)3-4-11-2/h7-8,11H,3-6H2,1-2H3,(H,14,15). The Morgan fingerprint density at radius 1 is 1.47 bits per heavy atom. The molecule has 0 aromatic carbocycles. The quantitative estimate of drug-likeness (QED) is 0.678. The van der Waals surface area contributed by atoms with E-state index in [0.717, 1.165) is 0 Å². The minimum atomic E-state index is -0.800. The average Bonchev–Trinajstić information content (AvgIpc) is 2.56. The molecule has 86 valence electrons. The van der Waals surface area contributed by atoms with Crippen LogP contribution in [0, 0.1) is 11.8 Å². The lowest BCUT2D eigenvalue weighted by Gasteiger charge is -2.15. The topological polar surface area (TPSA) is 69.6 Å². The van der Waals surface area contributed by atoms with E-state index in [1.807, 2.05) is 6.92 Å². The second-order valence-electron chi connectivity index (χ2n) is 4.07. The van der Waals surface area contributed by atoms with Gasteiger partial charge in [-0.1, -0.05) is 6.92 Å². The van der Waals surface area contributed by atoms with Gasteiger partial charge < -0.3 is 15.3 Å². The van der Waals surface area contributed by atoms with E-state index >= 15 is 0 Å². The molecule has 2 atom stereocenters. The smallest absolute Gasteiger partial charge is 0.308 e. The number of amides is 1. The van der Waals surface area contributed by atoms with Gasteiger partial charge in [0.1, 0.15) is 0 Å². The van der Waals surface area contributed by atoms with Gasteiger partial charge in [0.2, 0.25) is 5.91 Å². The first-order chi connectivity index (χ1) is 7.06. The molecule has 1 aliphatic rings. The highest BCUT2D eigenvalue weighted by Crippen LogP contribution is 2.23. The van der Waals surface area contributed by atoms with Gasteiger partial charge in [0, 0.05) is 26.1 Å². The molecule has 5 heteroatoms. The van der Waals surface area contributed by atoms with Gasteiger partial charge in [0.05, 0.1) is 5.92 Å². The number of aliphatic carboxylic acids is 1. The first kappa shape index (κ1) is 12.0. The molecule has 0 aliphatic carbocycles. The molecule has 2 N–H and O–H groups in total. The fraction of sp³-hybridized carbons (Fsp3) is 0.800. The lowest BCUT2D eigenvalue weighted by atomic mass is 9.99. The molecule has 0 aromatic heterocycles. The summed E-state index contributed by atoms with van der Waals surface area (Å²) in [4.78, 5) is 24.1. The molecule has 0 radical (unpaired) electrons. The van der Waals surface area contributed by atoms with Crippen LogP contribution < -0.4 is 5.32 Å². The van der Waals surface area contributed by atoms with E-state index in [4.69, 9.17) is 5.11 Å². The fourth-order valence-electron chi connectivity index (χ4n) is 1.88. The Morgan fingerprint density at radius 3 is 2.60 bits per heavy atom. The first-order valence-corrected chi connectivity index (χ1v) is 5.21. The third kappa shape index (κ3) is 2.92. The first-order valence-electron chi connectivity index (χ1n) is 5.21. The maximum Gasteiger partial charge on any atom is 0.308 e. The SMILES string of the molecule is CNCCC(=O)N1CC(C)C(C(=O)O)C1. The highest BCUT2D eigenvalue weighted by Gasteiger charge is 2.36. The van der Waals surface area contributed by atoms with Crippen LogP contribution in [0.5, 0.6) is 0 Å². The summed E-state index contributed by atoms with van der Waals surface area (Å²) in [5, 5.41) is 11.8. The molecule has 0 saturated carbocycles. The van der Waals surface area contributed by atoms with E-state index in [9.17, 15) is 9.59 Å². The molecular formula is C10H18N2O3. The normalized spacial score (nSPS) is 25.6. The van der Waals surface area contributed by atoms with Crippen molar-refractivity contribution in [1.82, 2.24) is 10.2 Å². The molecule has 1 amide bonds. The van der Waals surface area contributed by atoms with Crippen LogP contribution >= 0.6 is 0 Å². The minimum absolute atomic E-state index is 0.0416. The van der Waals surface area contributed by atoms with Crippen LogP contribution in [0.1, 0.15) is 13.3 Å². The molecule has 0 spiro atoms. The number of carboxylic acids is 1. The van der Waals surface area contributed by atoms with Crippen LogP contribution in [-0.2, 0) is 9.59 Å². The van der Waals surface area contributed by atoms with Crippen LogP contribution in [0.25, 0.3) is 0 Å². The average molecular weight is 214 g/mol. The number of nitrogens with zero attached hydrogens (tertiary/aromatic N) is 1. The third-order valence-electron chi connectivity index (χ3n) is 2.87. The number of hydrogen-bond acceptors (Lipinski definition) is 3. The van der Waals surface area contributed by atoms with Crippen LogP contribution in [0.4, 0.5) is 0 Å². The van der Waals surface area contributed by atoms with Crippen molar-refractivity contribution in [3.05, 3.63) is 0 Å². The fourth-order valence-corrected chi connectivity index (χ4v) is 1.88. The molecule has 1 rings (SSSR count). The van der Waals surface area contributed by atoms with E-state index < -0.39 is 11.9 Å². The van der Waals surface area contributed by atoms with Crippen molar-refractivity contribution in [3.8, 4) is 0 Å². The highest BCUT2D eigenvalue weighted by molar-refractivity contribution is 5.79. The van der Waals surface area contributed by atoms with E-state index in [-0.39, 0.29) is 11.8 Å². The second kappa shape index (κ2) is 5.11. The molecular weight excluding hydrogens is 196 g/mol. The van der Waals surface area contributed by atoms with Gasteiger partial charge in [0.25, 0.3) is 0 Å². The molecule has 2 unspecified atom stereocenters. The van der Waals surface area contributed by atoms with Gasteiger partial charge in [-0.3, -0.25) is 9.59 Å². The van der Waals surface area contributed by atoms with E-state index in [1.54, 1.807) is 11.9 Å². The van der Waals surface area contributed by atoms with Crippen molar-refractivity contribution in [2.75, 3.05) is 26.7 Å². The molecule has 1 fully saturated rings. The van der Waals surface area contributed by atoms with Crippen molar-refractivity contribution < 1.29 is 14.7 Å². The molecule has 1 heterocycles. The number of carboxylic acid groups (broad SMARTS) is 1. The van der Waals surface area contributed by atoms with Gasteiger partial charge in [-0.25, -0.2) is 0 Å². The third-order valence-corrected chi connectivity index (χ3v) is 2.87. The lowest BCUT2D eigenvalue weighted by Crippen LogP contribution is -2.31. The Balaban J connectivity index is 2.47. The van der Waals surface area contributed by atoms with Crippen molar-refractivity contribution in [3.63, 3.8) is 0 Å². The summed E-state index contributed by atoms with van der Waals surface area (Å²) in [6.45, 7) is 3.45. The Kier molecular flexibility index (Phi) is 4.08. The summed E-state index contributed by atoms with van der Waals surface area (Å²) in [6.07, 6.45) is 0.440. The van der Waals surface area contributed by atoms with Crippen molar-refractivity contribution in [2.24, 2.45) is 11.8 Å². The van der Waals surface area contributed by atoms with Gasteiger partial charge in [0.15, 0.2) is 0 Å². The zero-order valence-corrected chi connectivity index (χ0v) is 9.19. The van der Waals surface area contributed by atoms with E-state index in [0.29, 0.717) is 26.1 Å². The maximum absolute atomic E-state index is 11.6. The summed E-state index contributed by atoms with van der Waals surface area (Å²) in [6, 6.07) is 0. The van der Waals surface area contributed by atoms with Gasteiger partial charge in [-0.15, -0.1) is 0 Å². The summed E-state index contributed by atoms with van der Waals surface area (Å²) >= 11 is 0. The zero-order chi connectivity index (χ0) is 11.4. The summed E-state index contributed by atoms with van der Waals surface area (Å²) < 4.78 is 0. The Hall–Kier alpha value is -1.10. The Labute approximate surface area is 89.4 Å². The van der Waals surface area contributed by atoms with Crippen LogP contribution in [0.2, 0.25) is 0 Å². The summed E-state index contributed by atoms with van der Waals surface area (Å²) in [5.41, 5.74) is 0. The number of likely N-dealkylation sites (tertiary alicyclic amines) is 1. The molecule has 15 heavy (non-hydrogen) atoms. The summed E-state index contributed by atoms with van der Waals surface area (Å²) in [5.74, 6) is -1.10. The monoisotopic (exact) mass is 214 g/mol. The minimum Gasteiger partial charge on any atom is -0.481 e. The number of hydrogen-bond donors (Lipinski definition) is 2. The molecule has 1 saturated heterocycles. The predicted molar refractivity (Wildman–Crippen MR) is 55.4 cm³/mol. The highest BCUT2D eigenvalue weighted by atomic mass is 16.4. The Bertz CT molecular complexity index is 255. The van der Waals surface area contributed by atoms with E-state index in [1.165, 1.54) is 0 Å². The lowest BCUT2D eigenvalue weighted by molar-refractivity contribution is -0.142. The van der Waals surface area contributed by atoms with Crippen molar-refractivity contribution in [2.45, 2.75) is 13.3 Å². The largest absolute Gasteiger partial charge is 0.481 e. The number of carbonyl (C=O) groups is 2. The van der Waals surface area contributed by atoms with Crippen molar-refractivity contribution >= 4 is 11.9 Å². The van der Waals surface area contributed by atoms with E-state index in [2.05, 4.69) is 5.32 Å². The second-order valence-corrected chi connectivity index (χ2v) is 4.07. The molecule has 0 aromatic rings. The predicted octanol–water partition coefficient (Wildman–Crippen LogP) is -0.225. The van der Waals surface area contributed by atoms with Crippen LogP contribution in [-0.4, -0.2) is 48.6 Å². The summed E-state index contributed by atoms with van der Waals surface area (Å²) in [7, 11) is 1.79. The van der Waals surface area contributed by atoms with Gasteiger partial charge in [-0.05, 0) is 13.0 Å². The Morgan fingerprint density at radius 2 is 2.13 bits per heavy atom. The molecule has 0 bridgehead atoms. The number of rotatable bonds is 4. The molecule has 1 aliphatic heterocycles.